The van der Waals surface area contributed by atoms with E-state index in [0.717, 1.165) is 36.2 Å². The van der Waals surface area contributed by atoms with Crippen LogP contribution >= 0.6 is 0 Å². The van der Waals surface area contributed by atoms with Crippen molar-refractivity contribution >= 4 is 16.9 Å². The average molecular weight is 219 g/mol. The van der Waals surface area contributed by atoms with Gasteiger partial charge in [-0.25, -0.2) is 14.6 Å². The van der Waals surface area contributed by atoms with Gasteiger partial charge in [0.25, 0.3) is 0 Å². The first-order valence-electron chi connectivity index (χ1n) is 5.34. The van der Waals surface area contributed by atoms with Crippen LogP contribution < -0.4 is 5.73 Å². The number of rotatable bonds is 1. The minimum absolute atomic E-state index is 0.00880. The monoisotopic (exact) mass is 219 g/mol. The second-order valence-corrected chi connectivity index (χ2v) is 3.96. The van der Waals surface area contributed by atoms with E-state index in [4.69, 9.17) is 10.5 Å². The van der Waals surface area contributed by atoms with E-state index in [1.165, 1.54) is 6.33 Å². The van der Waals surface area contributed by atoms with E-state index in [-0.39, 0.29) is 6.23 Å². The molecule has 0 aromatic carbocycles. The zero-order chi connectivity index (χ0) is 11.1. The summed E-state index contributed by atoms with van der Waals surface area (Å²) in [5.74, 6) is 0.478. The lowest BCUT2D eigenvalue weighted by atomic mass is 10.3. The quantitative estimate of drug-likeness (QED) is 0.774. The lowest BCUT2D eigenvalue weighted by Crippen LogP contribution is -2.09. The number of aromatic nitrogens is 4. The third-order valence-corrected chi connectivity index (χ3v) is 2.87. The molecule has 0 aliphatic carbocycles. The SMILES string of the molecule is Cc1nn(C2CCCO2)c2ncnc(N)c12. The molecule has 0 spiro atoms. The summed E-state index contributed by atoms with van der Waals surface area (Å²) in [5, 5.41) is 5.27. The zero-order valence-corrected chi connectivity index (χ0v) is 9.05. The molecule has 1 fully saturated rings. The Morgan fingerprint density at radius 2 is 2.38 bits per heavy atom. The van der Waals surface area contributed by atoms with Crippen LogP contribution in [0, 0.1) is 6.92 Å². The molecule has 1 aliphatic heterocycles. The van der Waals surface area contributed by atoms with Gasteiger partial charge in [-0.15, -0.1) is 0 Å². The number of nitrogens with zero attached hydrogens (tertiary/aromatic N) is 4. The number of fused-ring (bicyclic) bond motifs is 1. The fourth-order valence-electron chi connectivity index (χ4n) is 2.12. The number of nitrogen functional groups attached to an aromatic ring is 1. The summed E-state index contributed by atoms with van der Waals surface area (Å²) in [5.41, 5.74) is 7.44. The van der Waals surface area contributed by atoms with Crippen LogP contribution in [0.5, 0.6) is 0 Å². The van der Waals surface area contributed by atoms with Crippen molar-refractivity contribution in [1.29, 1.82) is 0 Å². The molecule has 2 N–H and O–H groups in total. The maximum absolute atomic E-state index is 5.82. The molecule has 2 aromatic heterocycles. The highest BCUT2D eigenvalue weighted by atomic mass is 16.5. The Labute approximate surface area is 92.4 Å². The first-order valence-corrected chi connectivity index (χ1v) is 5.34. The van der Waals surface area contributed by atoms with Gasteiger partial charge in [-0.05, 0) is 19.8 Å². The molecule has 0 saturated carbocycles. The number of nitrogens with two attached hydrogens (primary N) is 1. The Kier molecular flexibility index (Phi) is 2.03. The summed E-state index contributed by atoms with van der Waals surface area (Å²) in [6.07, 6.45) is 3.49. The lowest BCUT2D eigenvalue weighted by Gasteiger charge is -2.09. The fourth-order valence-corrected chi connectivity index (χ4v) is 2.12. The number of hydrogen-bond acceptors (Lipinski definition) is 5. The largest absolute Gasteiger partial charge is 0.383 e. The summed E-state index contributed by atoms with van der Waals surface area (Å²) < 4.78 is 7.41. The smallest absolute Gasteiger partial charge is 0.166 e. The Hall–Kier alpha value is -1.69. The van der Waals surface area contributed by atoms with Crippen molar-refractivity contribution in [2.24, 2.45) is 0 Å². The average Bonchev–Trinajstić information content (AvgIpc) is 2.86. The van der Waals surface area contributed by atoms with Crippen LogP contribution in [0.1, 0.15) is 24.8 Å². The molecule has 6 heteroatoms. The van der Waals surface area contributed by atoms with Gasteiger partial charge in [0.15, 0.2) is 11.9 Å². The molecule has 3 heterocycles. The summed E-state index contributed by atoms with van der Waals surface area (Å²) in [7, 11) is 0. The van der Waals surface area contributed by atoms with Gasteiger partial charge in [-0.3, -0.25) is 0 Å². The molecular weight excluding hydrogens is 206 g/mol. The Morgan fingerprint density at radius 1 is 1.50 bits per heavy atom. The van der Waals surface area contributed by atoms with E-state index in [1.807, 2.05) is 11.6 Å². The van der Waals surface area contributed by atoms with Crippen LogP contribution in [0.4, 0.5) is 5.82 Å². The van der Waals surface area contributed by atoms with E-state index in [1.54, 1.807) is 0 Å². The second-order valence-electron chi connectivity index (χ2n) is 3.96. The Morgan fingerprint density at radius 3 is 3.12 bits per heavy atom. The standard InChI is InChI=1S/C10H13N5O/c1-6-8-9(11)12-5-13-10(8)15(14-6)7-3-2-4-16-7/h5,7H,2-4H2,1H3,(H2,11,12,13). The second kappa shape index (κ2) is 3.41. The van der Waals surface area contributed by atoms with Gasteiger partial charge in [0.1, 0.15) is 12.1 Å². The van der Waals surface area contributed by atoms with Crippen LogP contribution in [-0.4, -0.2) is 26.4 Å². The van der Waals surface area contributed by atoms with Gasteiger partial charge in [0.05, 0.1) is 11.1 Å². The van der Waals surface area contributed by atoms with Crippen molar-refractivity contribution in [2.45, 2.75) is 26.0 Å². The van der Waals surface area contributed by atoms with Crippen LogP contribution in [0.2, 0.25) is 0 Å². The molecule has 1 unspecified atom stereocenters. The number of hydrogen-bond donors (Lipinski definition) is 1. The minimum atomic E-state index is -0.00880. The van der Waals surface area contributed by atoms with Gasteiger partial charge in [-0.1, -0.05) is 0 Å². The normalized spacial score (nSPS) is 20.7. The van der Waals surface area contributed by atoms with E-state index >= 15 is 0 Å². The van der Waals surface area contributed by atoms with E-state index in [0.29, 0.717) is 5.82 Å². The van der Waals surface area contributed by atoms with E-state index in [9.17, 15) is 0 Å². The van der Waals surface area contributed by atoms with Gasteiger partial charge < -0.3 is 10.5 Å². The molecule has 3 rings (SSSR count). The molecule has 1 saturated heterocycles. The maximum Gasteiger partial charge on any atom is 0.166 e. The molecule has 0 amide bonds. The highest BCUT2D eigenvalue weighted by Gasteiger charge is 2.22. The molecule has 1 atom stereocenters. The highest BCUT2D eigenvalue weighted by molar-refractivity contribution is 5.87. The lowest BCUT2D eigenvalue weighted by molar-refractivity contribution is 0.0496. The number of anilines is 1. The van der Waals surface area contributed by atoms with Crippen LogP contribution in [-0.2, 0) is 4.74 Å². The molecule has 16 heavy (non-hydrogen) atoms. The molecule has 2 aromatic rings. The van der Waals surface area contributed by atoms with Gasteiger partial charge in [0, 0.05) is 6.61 Å². The predicted molar refractivity (Wildman–Crippen MR) is 58.7 cm³/mol. The van der Waals surface area contributed by atoms with Crippen molar-refractivity contribution < 1.29 is 4.74 Å². The molecule has 84 valence electrons. The fraction of sp³-hybridized carbons (Fsp3) is 0.500. The minimum Gasteiger partial charge on any atom is -0.383 e. The summed E-state index contributed by atoms with van der Waals surface area (Å²) in [6, 6.07) is 0. The first kappa shape index (κ1) is 9.53. The van der Waals surface area contributed by atoms with Crippen molar-refractivity contribution in [3.8, 4) is 0 Å². The summed E-state index contributed by atoms with van der Waals surface area (Å²) in [6.45, 7) is 2.69. The maximum atomic E-state index is 5.82. The van der Waals surface area contributed by atoms with Gasteiger partial charge in [-0.2, -0.15) is 5.10 Å². The zero-order valence-electron chi connectivity index (χ0n) is 9.05. The third-order valence-electron chi connectivity index (χ3n) is 2.87. The van der Waals surface area contributed by atoms with Crippen molar-refractivity contribution in [3.05, 3.63) is 12.0 Å². The van der Waals surface area contributed by atoms with Crippen molar-refractivity contribution in [2.75, 3.05) is 12.3 Å². The van der Waals surface area contributed by atoms with E-state index < -0.39 is 0 Å². The van der Waals surface area contributed by atoms with Gasteiger partial charge >= 0.3 is 0 Å². The molecule has 1 aliphatic rings. The van der Waals surface area contributed by atoms with Crippen LogP contribution in [0.15, 0.2) is 6.33 Å². The molecule has 6 nitrogen and oxygen atoms in total. The highest BCUT2D eigenvalue weighted by Crippen LogP contribution is 2.28. The third kappa shape index (κ3) is 1.26. The van der Waals surface area contributed by atoms with Gasteiger partial charge in [0.2, 0.25) is 0 Å². The molecule has 0 radical (unpaired) electrons. The Bertz CT molecular complexity index is 529. The summed E-state index contributed by atoms with van der Waals surface area (Å²) in [4.78, 5) is 8.22. The summed E-state index contributed by atoms with van der Waals surface area (Å²) >= 11 is 0. The topological polar surface area (TPSA) is 78.8 Å². The van der Waals surface area contributed by atoms with Crippen LogP contribution in [0.25, 0.3) is 11.0 Å². The number of ether oxygens (including phenoxy) is 1. The molecule has 0 bridgehead atoms. The number of aryl methyl sites for hydroxylation is 1. The Balaban J connectivity index is 2.22. The van der Waals surface area contributed by atoms with Crippen molar-refractivity contribution in [3.63, 3.8) is 0 Å². The predicted octanol–water partition coefficient (Wildman–Crippen LogP) is 1.03. The van der Waals surface area contributed by atoms with Crippen molar-refractivity contribution in [1.82, 2.24) is 19.7 Å². The first-order chi connectivity index (χ1) is 7.77. The van der Waals surface area contributed by atoms with E-state index in [2.05, 4.69) is 15.1 Å². The molecular formula is C10H13N5O. The van der Waals surface area contributed by atoms with Crippen LogP contribution in [0.3, 0.4) is 0 Å².